The number of rotatable bonds is 5. The molecule has 0 saturated carbocycles. The van der Waals surface area contributed by atoms with Crippen LogP contribution in [0, 0.1) is 13.8 Å². The lowest BCUT2D eigenvalue weighted by atomic mass is 10.1. The zero-order chi connectivity index (χ0) is 23.4. The Labute approximate surface area is 198 Å². The maximum Gasteiger partial charge on any atom is 0.323 e. The van der Waals surface area contributed by atoms with Crippen LogP contribution in [0.4, 0.5) is 27.5 Å². The highest BCUT2D eigenvalue weighted by atomic mass is 35.5. The van der Waals surface area contributed by atoms with Gasteiger partial charge in [0.05, 0.1) is 11.4 Å². The van der Waals surface area contributed by atoms with Crippen molar-refractivity contribution in [1.82, 2.24) is 0 Å². The van der Waals surface area contributed by atoms with Gasteiger partial charge >= 0.3 is 6.03 Å². The maximum atomic E-state index is 12.8. The molecule has 0 aromatic heterocycles. The Morgan fingerprint density at radius 1 is 0.818 bits per heavy atom. The Bertz CT molecular complexity index is 1170. The standard InChI is InChI=1S/C26H27ClN4O2/c1-17-5-8-19(9-6-17)25(32)28-21-11-12-24(31-13-3-4-14-31)23(16-21)30-26(33)29-20-10-7-18(2)22(27)15-20/h5-12,15-16H,3-4,13-14H2,1-2H3,(H,28,32)(H2,29,30,33). The van der Waals surface area contributed by atoms with Crippen LogP contribution in [0.3, 0.4) is 0 Å². The van der Waals surface area contributed by atoms with Crippen molar-refractivity contribution < 1.29 is 9.59 Å². The number of nitrogens with one attached hydrogen (secondary N) is 3. The Balaban J connectivity index is 1.54. The quantitative estimate of drug-likeness (QED) is 0.407. The van der Waals surface area contributed by atoms with Crippen molar-refractivity contribution in [2.24, 2.45) is 0 Å². The van der Waals surface area contributed by atoms with E-state index in [2.05, 4.69) is 20.9 Å². The average molecular weight is 463 g/mol. The molecule has 0 spiro atoms. The lowest BCUT2D eigenvalue weighted by Crippen LogP contribution is -2.24. The smallest absolute Gasteiger partial charge is 0.323 e. The van der Waals surface area contributed by atoms with E-state index in [1.54, 1.807) is 30.3 Å². The molecular formula is C26H27ClN4O2. The second kappa shape index (κ2) is 9.96. The van der Waals surface area contributed by atoms with Crippen molar-refractivity contribution in [1.29, 1.82) is 0 Å². The molecule has 3 amide bonds. The molecule has 3 N–H and O–H groups in total. The second-order valence-electron chi connectivity index (χ2n) is 8.29. The van der Waals surface area contributed by atoms with Gasteiger partial charge in [-0.3, -0.25) is 4.79 Å². The molecule has 1 aliphatic rings. The summed E-state index contributed by atoms with van der Waals surface area (Å²) in [7, 11) is 0. The first-order chi connectivity index (χ1) is 15.9. The van der Waals surface area contributed by atoms with E-state index >= 15 is 0 Å². The normalized spacial score (nSPS) is 13.0. The lowest BCUT2D eigenvalue weighted by Gasteiger charge is -2.22. The van der Waals surface area contributed by atoms with Crippen LogP contribution in [0.1, 0.15) is 34.3 Å². The van der Waals surface area contributed by atoms with Crippen molar-refractivity contribution >= 4 is 46.3 Å². The second-order valence-corrected chi connectivity index (χ2v) is 8.70. The minimum absolute atomic E-state index is 0.200. The van der Waals surface area contributed by atoms with E-state index in [-0.39, 0.29) is 11.9 Å². The molecule has 3 aromatic carbocycles. The minimum atomic E-state index is -0.377. The number of amides is 3. The molecular weight excluding hydrogens is 436 g/mol. The van der Waals surface area contributed by atoms with Crippen LogP contribution in [-0.4, -0.2) is 25.0 Å². The van der Waals surface area contributed by atoms with Crippen molar-refractivity contribution in [3.05, 3.63) is 82.4 Å². The first-order valence-electron chi connectivity index (χ1n) is 11.0. The van der Waals surface area contributed by atoms with Gasteiger partial charge in [-0.1, -0.05) is 35.4 Å². The molecule has 0 bridgehead atoms. The maximum absolute atomic E-state index is 12.8. The van der Waals surface area contributed by atoms with Crippen LogP contribution >= 0.6 is 11.6 Å². The van der Waals surface area contributed by atoms with Gasteiger partial charge in [0.25, 0.3) is 5.91 Å². The summed E-state index contributed by atoms with van der Waals surface area (Å²) in [6.07, 6.45) is 2.22. The molecule has 33 heavy (non-hydrogen) atoms. The summed E-state index contributed by atoms with van der Waals surface area (Å²) < 4.78 is 0. The highest BCUT2D eigenvalue weighted by molar-refractivity contribution is 6.31. The zero-order valence-corrected chi connectivity index (χ0v) is 19.5. The number of halogens is 1. The highest BCUT2D eigenvalue weighted by Gasteiger charge is 2.18. The fraction of sp³-hybridized carbons (Fsp3) is 0.231. The van der Waals surface area contributed by atoms with E-state index in [9.17, 15) is 9.59 Å². The van der Waals surface area contributed by atoms with Gasteiger partial charge in [0, 0.05) is 35.1 Å². The third kappa shape index (κ3) is 5.65. The van der Waals surface area contributed by atoms with Gasteiger partial charge < -0.3 is 20.9 Å². The van der Waals surface area contributed by atoms with Gasteiger partial charge in [-0.2, -0.15) is 0 Å². The predicted molar refractivity (Wildman–Crippen MR) is 136 cm³/mol. The number of carbonyl (C=O) groups excluding carboxylic acids is 2. The molecule has 0 radical (unpaired) electrons. The summed E-state index contributed by atoms with van der Waals surface area (Å²) in [5, 5.41) is 9.29. The van der Waals surface area contributed by atoms with Crippen molar-refractivity contribution in [3.8, 4) is 0 Å². The van der Waals surface area contributed by atoms with Gasteiger partial charge in [-0.15, -0.1) is 0 Å². The molecule has 1 heterocycles. The van der Waals surface area contributed by atoms with Gasteiger partial charge in [-0.25, -0.2) is 4.79 Å². The Hall–Kier alpha value is -3.51. The Kier molecular flexibility index (Phi) is 6.84. The van der Waals surface area contributed by atoms with Crippen molar-refractivity contribution in [2.45, 2.75) is 26.7 Å². The zero-order valence-electron chi connectivity index (χ0n) is 18.7. The van der Waals surface area contributed by atoms with Crippen LogP contribution in [0.25, 0.3) is 0 Å². The molecule has 170 valence electrons. The number of nitrogens with zero attached hydrogens (tertiary/aromatic N) is 1. The summed E-state index contributed by atoms with van der Waals surface area (Å²) in [6.45, 7) is 5.75. The monoisotopic (exact) mass is 462 g/mol. The number of benzene rings is 3. The molecule has 4 rings (SSSR count). The summed E-state index contributed by atoms with van der Waals surface area (Å²) >= 11 is 6.18. The first kappa shape index (κ1) is 22.7. The Morgan fingerprint density at radius 2 is 1.48 bits per heavy atom. The largest absolute Gasteiger partial charge is 0.370 e. The number of aryl methyl sites for hydroxylation is 2. The first-order valence-corrected chi connectivity index (χ1v) is 11.4. The topological polar surface area (TPSA) is 73.5 Å². The van der Waals surface area contributed by atoms with Crippen LogP contribution in [0.2, 0.25) is 5.02 Å². The molecule has 0 atom stereocenters. The molecule has 0 unspecified atom stereocenters. The minimum Gasteiger partial charge on any atom is -0.370 e. The SMILES string of the molecule is Cc1ccc(C(=O)Nc2ccc(N3CCCC3)c(NC(=O)Nc3ccc(C)c(Cl)c3)c2)cc1. The fourth-order valence-corrected chi connectivity index (χ4v) is 3.99. The lowest BCUT2D eigenvalue weighted by molar-refractivity contribution is 0.102. The highest BCUT2D eigenvalue weighted by Crippen LogP contribution is 2.32. The molecule has 0 aliphatic carbocycles. The van der Waals surface area contributed by atoms with Gasteiger partial charge in [0.1, 0.15) is 0 Å². The van der Waals surface area contributed by atoms with Crippen molar-refractivity contribution in [2.75, 3.05) is 33.9 Å². The van der Waals surface area contributed by atoms with E-state index in [1.807, 2.05) is 44.2 Å². The molecule has 6 nitrogen and oxygen atoms in total. The third-order valence-electron chi connectivity index (χ3n) is 5.69. The predicted octanol–water partition coefficient (Wildman–Crippen LogP) is 6.45. The third-order valence-corrected chi connectivity index (χ3v) is 6.10. The number of anilines is 4. The summed E-state index contributed by atoms with van der Waals surface area (Å²) in [6, 6.07) is 18.0. The summed E-state index contributed by atoms with van der Waals surface area (Å²) in [5.41, 5.74) is 5.39. The van der Waals surface area contributed by atoms with Crippen LogP contribution < -0.4 is 20.9 Å². The van der Waals surface area contributed by atoms with Gasteiger partial charge in [-0.05, 0) is 74.7 Å². The van der Waals surface area contributed by atoms with E-state index in [1.165, 1.54) is 0 Å². The van der Waals surface area contributed by atoms with E-state index in [0.29, 0.717) is 27.6 Å². The molecule has 1 fully saturated rings. The Morgan fingerprint density at radius 3 is 2.18 bits per heavy atom. The number of hydrogen-bond donors (Lipinski definition) is 3. The number of hydrogen-bond acceptors (Lipinski definition) is 3. The van der Waals surface area contributed by atoms with Gasteiger partial charge in [0.2, 0.25) is 0 Å². The van der Waals surface area contributed by atoms with Crippen molar-refractivity contribution in [3.63, 3.8) is 0 Å². The number of carbonyl (C=O) groups is 2. The average Bonchev–Trinajstić information content (AvgIpc) is 3.31. The van der Waals surface area contributed by atoms with Crippen LogP contribution in [-0.2, 0) is 0 Å². The van der Waals surface area contributed by atoms with Gasteiger partial charge in [0.15, 0.2) is 0 Å². The van der Waals surface area contributed by atoms with E-state index in [4.69, 9.17) is 11.6 Å². The van der Waals surface area contributed by atoms with Crippen LogP contribution in [0.5, 0.6) is 0 Å². The van der Waals surface area contributed by atoms with E-state index in [0.717, 1.165) is 42.7 Å². The van der Waals surface area contributed by atoms with E-state index < -0.39 is 0 Å². The fourth-order valence-electron chi connectivity index (χ4n) is 3.81. The summed E-state index contributed by atoms with van der Waals surface area (Å²) in [5.74, 6) is -0.200. The summed E-state index contributed by atoms with van der Waals surface area (Å²) in [4.78, 5) is 27.7. The molecule has 1 aliphatic heterocycles. The molecule has 3 aromatic rings. The number of urea groups is 1. The molecule has 7 heteroatoms. The molecule has 1 saturated heterocycles. The van der Waals surface area contributed by atoms with Crippen LogP contribution in [0.15, 0.2) is 60.7 Å².